The number of nitrogens with one attached hydrogen (secondary N) is 2. The van der Waals surface area contributed by atoms with Gasteiger partial charge in [-0.3, -0.25) is 0 Å². The third-order valence-corrected chi connectivity index (χ3v) is 6.69. The third kappa shape index (κ3) is 4.01. The number of hydrogen-bond donors (Lipinski definition) is 2. The quantitative estimate of drug-likeness (QED) is 0.817. The number of nitrogens with zero attached hydrogens (tertiary/aromatic N) is 1. The molecule has 2 saturated heterocycles. The second kappa shape index (κ2) is 6.62. The van der Waals surface area contributed by atoms with Gasteiger partial charge < -0.3 is 15.5 Å². The summed E-state index contributed by atoms with van der Waals surface area (Å²) in [6.45, 7) is 6.97. The average Bonchev–Trinajstić information content (AvgIpc) is 2.43. The molecular weight excluding hydrogens is 286 g/mol. The maximum Gasteiger partial charge on any atom is 0.315 e. The van der Waals surface area contributed by atoms with Crippen molar-refractivity contribution in [1.29, 1.82) is 0 Å². The van der Waals surface area contributed by atoms with Crippen molar-refractivity contribution in [2.75, 3.05) is 7.05 Å². The molecule has 2 heterocycles. The molecule has 2 aliphatic heterocycles. The summed E-state index contributed by atoms with van der Waals surface area (Å²) in [7, 11) is 2.26. The van der Waals surface area contributed by atoms with Crippen LogP contribution in [0.4, 0.5) is 4.79 Å². The van der Waals surface area contributed by atoms with Crippen molar-refractivity contribution in [1.82, 2.24) is 15.5 Å². The first kappa shape index (κ1) is 17.1. The summed E-state index contributed by atoms with van der Waals surface area (Å²) < 4.78 is 0. The van der Waals surface area contributed by atoms with Gasteiger partial charge in [-0.25, -0.2) is 4.79 Å². The molecule has 132 valence electrons. The van der Waals surface area contributed by atoms with E-state index in [-0.39, 0.29) is 6.03 Å². The summed E-state index contributed by atoms with van der Waals surface area (Å²) in [6, 6.07) is 2.10. The third-order valence-electron chi connectivity index (χ3n) is 6.69. The van der Waals surface area contributed by atoms with E-state index in [1.807, 2.05) is 0 Å². The number of carbonyl (C=O) groups excluding carboxylic acids is 1. The summed E-state index contributed by atoms with van der Waals surface area (Å²) in [5, 5.41) is 6.55. The highest BCUT2D eigenvalue weighted by atomic mass is 16.2. The molecule has 23 heavy (non-hydrogen) atoms. The van der Waals surface area contributed by atoms with Crippen LogP contribution >= 0.6 is 0 Å². The van der Waals surface area contributed by atoms with Gasteiger partial charge in [0.05, 0.1) is 0 Å². The molecule has 4 nitrogen and oxygen atoms in total. The maximum atomic E-state index is 12.5. The zero-order valence-electron chi connectivity index (χ0n) is 15.4. The predicted molar refractivity (Wildman–Crippen MR) is 94.5 cm³/mol. The molecule has 3 fully saturated rings. The van der Waals surface area contributed by atoms with Crippen LogP contribution in [0.15, 0.2) is 0 Å². The lowest BCUT2D eigenvalue weighted by molar-refractivity contribution is 0.0504. The fourth-order valence-corrected chi connectivity index (χ4v) is 5.29. The number of hydrogen-bond acceptors (Lipinski definition) is 2. The van der Waals surface area contributed by atoms with Crippen molar-refractivity contribution >= 4 is 6.03 Å². The molecule has 3 aliphatic rings. The molecule has 2 bridgehead atoms. The van der Waals surface area contributed by atoms with Gasteiger partial charge in [0.25, 0.3) is 0 Å². The van der Waals surface area contributed by atoms with Crippen LogP contribution in [0, 0.1) is 11.3 Å². The molecule has 1 saturated carbocycles. The molecule has 0 aromatic carbocycles. The van der Waals surface area contributed by atoms with Crippen LogP contribution < -0.4 is 10.6 Å². The Balaban J connectivity index is 1.48. The minimum Gasteiger partial charge on any atom is -0.335 e. The standard InChI is InChI=1S/C19H35N3O/c1-13-12-19(2,3)9-8-17(13)21-18(23)20-14-10-15-6-5-7-16(11-14)22(15)4/h13-17H,5-12H2,1-4H3,(H2,20,21,23)/t13-,14?,15-,16+,17-/m1/s1. The first-order valence-corrected chi connectivity index (χ1v) is 9.63. The van der Waals surface area contributed by atoms with E-state index in [2.05, 4.69) is 43.4 Å². The lowest BCUT2D eigenvalue weighted by atomic mass is 9.70. The normalized spacial score (nSPS) is 40.4. The zero-order chi connectivity index (χ0) is 16.6. The van der Waals surface area contributed by atoms with Gasteiger partial charge in [-0.05, 0) is 63.3 Å². The van der Waals surface area contributed by atoms with E-state index in [0.29, 0.717) is 35.5 Å². The fraction of sp³-hybridized carbons (Fsp3) is 0.947. The maximum absolute atomic E-state index is 12.5. The van der Waals surface area contributed by atoms with E-state index in [0.717, 1.165) is 19.3 Å². The number of fused-ring (bicyclic) bond motifs is 2. The molecule has 4 heteroatoms. The van der Waals surface area contributed by atoms with E-state index in [4.69, 9.17) is 0 Å². The van der Waals surface area contributed by atoms with E-state index >= 15 is 0 Å². The molecule has 1 aliphatic carbocycles. The van der Waals surface area contributed by atoms with Gasteiger partial charge in [0, 0.05) is 24.2 Å². The van der Waals surface area contributed by atoms with Crippen molar-refractivity contribution in [3.63, 3.8) is 0 Å². The van der Waals surface area contributed by atoms with E-state index in [9.17, 15) is 4.79 Å². The van der Waals surface area contributed by atoms with Crippen LogP contribution in [-0.4, -0.2) is 42.1 Å². The number of rotatable bonds is 2. The molecule has 1 unspecified atom stereocenters. The lowest BCUT2D eigenvalue weighted by Crippen LogP contribution is -2.57. The Hall–Kier alpha value is -0.770. The molecular formula is C19H35N3O. The number of amides is 2. The van der Waals surface area contributed by atoms with Gasteiger partial charge in [-0.2, -0.15) is 0 Å². The predicted octanol–water partition coefficient (Wildman–Crippen LogP) is 3.52. The summed E-state index contributed by atoms with van der Waals surface area (Å²) >= 11 is 0. The summed E-state index contributed by atoms with van der Waals surface area (Å²) in [5.41, 5.74) is 0.430. The van der Waals surface area contributed by atoms with Crippen LogP contribution in [-0.2, 0) is 0 Å². The van der Waals surface area contributed by atoms with Crippen LogP contribution in [0.2, 0.25) is 0 Å². The smallest absolute Gasteiger partial charge is 0.315 e. The molecule has 0 aromatic heterocycles. The molecule has 2 N–H and O–H groups in total. The van der Waals surface area contributed by atoms with Crippen LogP contribution in [0.3, 0.4) is 0 Å². The fourth-order valence-electron chi connectivity index (χ4n) is 5.29. The van der Waals surface area contributed by atoms with Gasteiger partial charge in [0.1, 0.15) is 0 Å². The first-order chi connectivity index (χ1) is 10.8. The van der Waals surface area contributed by atoms with E-state index in [1.54, 1.807) is 0 Å². The van der Waals surface area contributed by atoms with Crippen LogP contribution in [0.25, 0.3) is 0 Å². The Morgan fingerprint density at radius 1 is 1.09 bits per heavy atom. The van der Waals surface area contributed by atoms with Gasteiger partial charge >= 0.3 is 6.03 Å². The SMILES string of the molecule is C[C@@H]1CC(C)(C)CC[C@H]1NC(=O)NC1C[C@H]2CCC[C@@H](C1)N2C. The van der Waals surface area contributed by atoms with Gasteiger partial charge in [0.2, 0.25) is 0 Å². The zero-order valence-corrected chi connectivity index (χ0v) is 15.4. The minimum absolute atomic E-state index is 0.0641. The highest BCUT2D eigenvalue weighted by molar-refractivity contribution is 5.74. The Bertz CT molecular complexity index is 422. The van der Waals surface area contributed by atoms with Gasteiger partial charge in [-0.15, -0.1) is 0 Å². The van der Waals surface area contributed by atoms with Crippen LogP contribution in [0.1, 0.15) is 72.1 Å². The van der Waals surface area contributed by atoms with E-state index < -0.39 is 0 Å². The Morgan fingerprint density at radius 2 is 1.74 bits per heavy atom. The molecule has 0 aromatic rings. The summed E-state index contributed by atoms with van der Waals surface area (Å²) in [6.07, 6.45) is 9.70. The number of piperidine rings is 2. The highest BCUT2D eigenvalue weighted by Gasteiger charge is 2.37. The first-order valence-electron chi connectivity index (χ1n) is 9.63. The lowest BCUT2D eigenvalue weighted by Gasteiger charge is -2.47. The largest absolute Gasteiger partial charge is 0.335 e. The molecule has 0 spiro atoms. The van der Waals surface area contributed by atoms with Crippen molar-refractivity contribution in [3.05, 3.63) is 0 Å². The van der Waals surface area contributed by atoms with Crippen molar-refractivity contribution in [2.24, 2.45) is 11.3 Å². The summed E-state index contributed by atoms with van der Waals surface area (Å²) in [5.74, 6) is 0.571. The van der Waals surface area contributed by atoms with Crippen molar-refractivity contribution in [3.8, 4) is 0 Å². The average molecular weight is 322 g/mol. The monoisotopic (exact) mass is 321 g/mol. The minimum atomic E-state index is 0.0641. The van der Waals surface area contributed by atoms with Crippen molar-refractivity contribution in [2.45, 2.75) is 96.3 Å². The second-order valence-electron chi connectivity index (χ2n) is 9.18. The number of carbonyl (C=O) groups is 1. The second-order valence-corrected chi connectivity index (χ2v) is 9.18. The number of urea groups is 1. The molecule has 5 atom stereocenters. The van der Waals surface area contributed by atoms with Gasteiger partial charge in [-0.1, -0.05) is 27.2 Å². The van der Waals surface area contributed by atoms with Gasteiger partial charge in [0.15, 0.2) is 0 Å². The molecule has 3 rings (SSSR count). The van der Waals surface area contributed by atoms with Crippen molar-refractivity contribution < 1.29 is 4.79 Å². The Morgan fingerprint density at radius 3 is 2.35 bits per heavy atom. The Kier molecular flexibility index (Phi) is 4.91. The molecule has 2 amide bonds. The highest BCUT2D eigenvalue weighted by Crippen LogP contribution is 2.38. The topological polar surface area (TPSA) is 44.4 Å². The van der Waals surface area contributed by atoms with Crippen LogP contribution in [0.5, 0.6) is 0 Å². The Labute approximate surface area is 141 Å². The molecule has 0 radical (unpaired) electrons. The van der Waals surface area contributed by atoms with E-state index in [1.165, 1.54) is 32.1 Å². The summed E-state index contributed by atoms with van der Waals surface area (Å²) in [4.78, 5) is 15.0.